The smallest absolute Gasteiger partial charge is 0.243 e. The Morgan fingerprint density at radius 1 is 0.926 bits per heavy atom. The number of hydrogen-bond donors (Lipinski definition) is 1. The Morgan fingerprint density at radius 2 is 1.74 bits per heavy atom. The van der Waals surface area contributed by atoms with Crippen molar-refractivity contribution < 1.29 is 13.2 Å². The fraction of sp³-hybridized carbons (Fsp3) is 0.667. The largest absolute Gasteiger partial charge is 0.356 e. The first-order chi connectivity index (χ1) is 13.1. The summed E-state index contributed by atoms with van der Waals surface area (Å²) in [5.74, 6) is -0.180. The summed E-state index contributed by atoms with van der Waals surface area (Å²) in [7, 11) is -3.59. The van der Waals surface area contributed by atoms with Crippen LogP contribution in [-0.2, 0) is 27.7 Å². The number of aryl methyl sites for hydroxylation is 2. The number of amides is 1. The zero-order valence-corrected chi connectivity index (χ0v) is 16.8. The van der Waals surface area contributed by atoms with Crippen molar-refractivity contribution in [3.63, 3.8) is 0 Å². The number of carbonyl (C=O) groups excluding carboxylic acids is 1. The van der Waals surface area contributed by atoms with E-state index < -0.39 is 10.0 Å². The van der Waals surface area contributed by atoms with Gasteiger partial charge in [0.1, 0.15) is 0 Å². The summed E-state index contributed by atoms with van der Waals surface area (Å²) >= 11 is 0. The number of rotatable bonds is 2. The van der Waals surface area contributed by atoms with E-state index in [1.807, 2.05) is 12.1 Å². The van der Waals surface area contributed by atoms with Crippen LogP contribution in [0.5, 0.6) is 0 Å². The van der Waals surface area contributed by atoms with Gasteiger partial charge in [-0.05, 0) is 68.2 Å². The van der Waals surface area contributed by atoms with Crippen LogP contribution in [-0.4, -0.2) is 37.8 Å². The van der Waals surface area contributed by atoms with Gasteiger partial charge in [0, 0.05) is 19.1 Å². The van der Waals surface area contributed by atoms with E-state index in [1.54, 1.807) is 10.4 Å². The van der Waals surface area contributed by atoms with Crippen molar-refractivity contribution >= 4 is 15.9 Å². The van der Waals surface area contributed by atoms with E-state index in [2.05, 4.69) is 5.32 Å². The third kappa shape index (κ3) is 3.79. The Morgan fingerprint density at radius 3 is 2.63 bits per heavy atom. The summed E-state index contributed by atoms with van der Waals surface area (Å²) in [4.78, 5) is 13.1. The van der Waals surface area contributed by atoms with Crippen molar-refractivity contribution in [3.05, 3.63) is 29.3 Å². The van der Waals surface area contributed by atoms with E-state index >= 15 is 0 Å². The van der Waals surface area contributed by atoms with Crippen molar-refractivity contribution in [2.24, 2.45) is 5.92 Å². The molecule has 1 aliphatic heterocycles. The molecule has 1 saturated heterocycles. The zero-order valence-electron chi connectivity index (χ0n) is 16.0. The Bertz CT molecular complexity index is 806. The van der Waals surface area contributed by atoms with E-state index in [9.17, 15) is 13.2 Å². The molecule has 0 spiro atoms. The minimum Gasteiger partial charge on any atom is -0.356 e. The van der Waals surface area contributed by atoms with Gasteiger partial charge in [0.15, 0.2) is 0 Å². The topological polar surface area (TPSA) is 66.5 Å². The van der Waals surface area contributed by atoms with E-state index in [1.165, 1.54) is 11.1 Å². The van der Waals surface area contributed by atoms with Crippen molar-refractivity contribution in [1.29, 1.82) is 0 Å². The molecule has 2 atom stereocenters. The lowest BCUT2D eigenvalue weighted by Crippen LogP contribution is -2.47. The second-order valence-electron chi connectivity index (χ2n) is 8.21. The molecule has 6 heteroatoms. The SMILES string of the molecule is O=C1NCCCCCCN(S(=O)(=O)c2ccc3c(c2)CCC3)C2CCCC12. The molecule has 1 saturated carbocycles. The standard InChI is InChI=1S/C21H30N2O3S/c24-21-19-9-6-10-20(19)23(14-4-2-1-3-13-22-21)27(25,26)18-12-11-16-7-5-8-17(16)15-18/h11-12,15,19-20H,1-10,13-14H2,(H,22,24). The van der Waals surface area contributed by atoms with Gasteiger partial charge in [0.25, 0.3) is 0 Å². The van der Waals surface area contributed by atoms with Gasteiger partial charge in [-0.25, -0.2) is 8.42 Å². The number of fused-ring (bicyclic) bond motifs is 2. The maximum atomic E-state index is 13.6. The van der Waals surface area contributed by atoms with E-state index in [0.29, 0.717) is 18.0 Å². The summed E-state index contributed by atoms with van der Waals surface area (Å²) in [5.41, 5.74) is 2.46. The molecule has 4 rings (SSSR count). The number of carbonyl (C=O) groups is 1. The van der Waals surface area contributed by atoms with Gasteiger partial charge in [-0.3, -0.25) is 4.79 Å². The average Bonchev–Trinajstić information content (AvgIpc) is 3.31. The molecular weight excluding hydrogens is 360 g/mol. The van der Waals surface area contributed by atoms with Crippen molar-refractivity contribution in [2.45, 2.75) is 75.1 Å². The molecule has 148 valence electrons. The third-order valence-electron chi connectivity index (χ3n) is 6.47. The van der Waals surface area contributed by atoms with Crippen molar-refractivity contribution in [1.82, 2.24) is 9.62 Å². The van der Waals surface area contributed by atoms with Gasteiger partial charge in [0.2, 0.25) is 15.9 Å². The molecule has 2 unspecified atom stereocenters. The molecule has 1 amide bonds. The van der Waals surface area contributed by atoms with Gasteiger partial charge in [-0.1, -0.05) is 25.3 Å². The quantitative estimate of drug-likeness (QED) is 0.844. The molecule has 1 N–H and O–H groups in total. The lowest BCUT2D eigenvalue weighted by molar-refractivity contribution is -0.125. The highest BCUT2D eigenvalue weighted by atomic mass is 32.2. The first kappa shape index (κ1) is 18.9. The lowest BCUT2D eigenvalue weighted by Gasteiger charge is -2.31. The first-order valence-corrected chi connectivity index (χ1v) is 11.9. The van der Waals surface area contributed by atoms with Crippen LogP contribution in [0, 0.1) is 5.92 Å². The Balaban J connectivity index is 1.67. The average molecular weight is 391 g/mol. The molecule has 2 fully saturated rings. The summed E-state index contributed by atoms with van der Waals surface area (Å²) in [6.07, 6.45) is 9.47. The predicted molar refractivity (Wildman–Crippen MR) is 105 cm³/mol. The molecule has 1 heterocycles. The Hall–Kier alpha value is -1.40. The highest BCUT2D eigenvalue weighted by Gasteiger charge is 2.42. The van der Waals surface area contributed by atoms with E-state index in [0.717, 1.165) is 64.2 Å². The maximum absolute atomic E-state index is 13.6. The van der Waals surface area contributed by atoms with E-state index in [4.69, 9.17) is 0 Å². The summed E-state index contributed by atoms with van der Waals surface area (Å²) in [5, 5.41) is 3.04. The van der Waals surface area contributed by atoms with Gasteiger partial charge in [-0.2, -0.15) is 4.31 Å². The minimum absolute atomic E-state index is 0.0357. The normalized spacial score (nSPS) is 27.5. The van der Waals surface area contributed by atoms with Crippen LogP contribution in [0.3, 0.4) is 0 Å². The van der Waals surface area contributed by atoms with Crippen LogP contribution in [0.25, 0.3) is 0 Å². The molecule has 2 aliphatic carbocycles. The highest BCUT2D eigenvalue weighted by molar-refractivity contribution is 7.89. The third-order valence-corrected chi connectivity index (χ3v) is 8.39. The first-order valence-electron chi connectivity index (χ1n) is 10.5. The second-order valence-corrected chi connectivity index (χ2v) is 10.1. The highest BCUT2D eigenvalue weighted by Crippen LogP contribution is 2.35. The minimum atomic E-state index is -3.59. The lowest BCUT2D eigenvalue weighted by atomic mass is 10.0. The van der Waals surface area contributed by atoms with Gasteiger partial charge < -0.3 is 5.32 Å². The van der Waals surface area contributed by atoms with Crippen molar-refractivity contribution in [3.8, 4) is 0 Å². The van der Waals surface area contributed by atoms with Crippen LogP contribution in [0.2, 0.25) is 0 Å². The molecule has 27 heavy (non-hydrogen) atoms. The number of nitrogens with zero attached hydrogens (tertiary/aromatic N) is 1. The second kappa shape index (κ2) is 7.92. The van der Waals surface area contributed by atoms with Gasteiger partial charge in [0.05, 0.1) is 10.8 Å². The molecular formula is C21H30N2O3S. The Kier molecular flexibility index (Phi) is 5.55. The number of nitrogens with one attached hydrogen (secondary N) is 1. The monoisotopic (exact) mass is 390 g/mol. The number of sulfonamides is 1. The fourth-order valence-corrected chi connectivity index (χ4v) is 6.77. The van der Waals surface area contributed by atoms with Gasteiger partial charge in [-0.15, -0.1) is 0 Å². The molecule has 0 radical (unpaired) electrons. The van der Waals surface area contributed by atoms with Crippen LogP contribution < -0.4 is 5.32 Å². The molecule has 0 aromatic heterocycles. The van der Waals surface area contributed by atoms with Gasteiger partial charge >= 0.3 is 0 Å². The van der Waals surface area contributed by atoms with Crippen LogP contribution in [0.4, 0.5) is 0 Å². The maximum Gasteiger partial charge on any atom is 0.243 e. The predicted octanol–water partition coefficient (Wildman–Crippen LogP) is 3.02. The summed E-state index contributed by atoms with van der Waals surface area (Å²) < 4.78 is 28.8. The zero-order chi connectivity index (χ0) is 18.9. The van der Waals surface area contributed by atoms with Crippen LogP contribution in [0.1, 0.15) is 62.5 Å². The molecule has 5 nitrogen and oxygen atoms in total. The summed E-state index contributed by atoms with van der Waals surface area (Å²) in [6, 6.07) is 5.43. The summed E-state index contributed by atoms with van der Waals surface area (Å²) in [6.45, 7) is 1.23. The molecule has 1 aromatic rings. The molecule has 1 aromatic carbocycles. The molecule has 3 aliphatic rings. The molecule has 0 bridgehead atoms. The Labute approximate surface area is 162 Å². The number of hydrogen-bond acceptors (Lipinski definition) is 3. The number of benzene rings is 1. The fourth-order valence-electron chi connectivity index (χ4n) is 4.99. The van der Waals surface area contributed by atoms with Crippen LogP contribution >= 0.6 is 0 Å². The van der Waals surface area contributed by atoms with E-state index in [-0.39, 0.29) is 17.9 Å². The van der Waals surface area contributed by atoms with Crippen LogP contribution in [0.15, 0.2) is 23.1 Å². The van der Waals surface area contributed by atoms with Crippen molar-refractivity contribution in [2.75, 3.05) is 13.1 Å².